The van der Waals surface area contributed by atoms with E-state index in [-0.39, 0.29) is 21.8 Å². The zero-order valence-corrected chi connectivity index (χ0v) is 20.7. The van der Waals surface area contributed by atoms with E-state index in [1.54, 1.807) is 43.5 Å². The fourth-order valence-corrected chi connectivity index (χ4v) is 8.59. The smallest absolute Gasteiger partial charge is 0.183 e. The normalized spacial score (nSPS) is 20.8. The molecular formula is C23H31NO6S2. The Morgan fingerprint density at radius 1 is 0.969 bits per heavy atom. The molecule has 9 heteroatoms. The molecule has 0 amide bonds. The highest BCUT2D eigenvalue weighted by atomic mass is 32.2. The number of sulfone groups is 2. The maximum Gasteiger partial charge on any atom is 0.183 e. The lowest BCUT2D eigenvalue weighted by atomic mass is 9.87. The Morgan fingerprint density at radius 2 is 1.59 bits per heavy atom. The minimum absolute atomic E-state index is 0.109. The maximum absolute atomic E-state index is 13.3. The molecule has 0 unspecified atom stereocenters. The quantitative estimate of drug-likeness (QED) is 0.649. The number of rotatable bonds is 7. The summed E-state index contributed by atoms with van der Waals surface area (Å²) in [4.78, 5) is 0.144. The Morgan fingerprint density at radius 3 is 2.16 bits per heavy atom. The number of hydrogen-bond acceptors (Lipinski definition) is 7. The summed E-state index contributed by atoms with van der Waals surface area (Å²) < 4.78 is 62.0. The van der Waals surface area contributed by atoms with Gasteiger partial charge >= 0.3 is 0 Å². The second-order valence-electron chi connectivity index (χ2n) is 9.11. The Kier molecular flexibility index (Phi) is 6.93. The van der Waals surface area contributed by atoms with Gasteiger partial charge in [-0.3, -0.25) is 0 Å². The first-order valence-corrected chi connectivity index (χ1v) is 13.7. The third-order valence-corrected chi connectivity index (χ3v) is 9.93. The van der Waals surface area contributed by atoms with E-state index in [4.69, 9.17) is 9.47 Å². The van der Waals surface area contributed by atoms with E-state index in [2.05, 4.69) is 5.32 Å². The lowest BCUT2D eigenvalue weighted by Crippen LogP contribution is -2.43. The molecule has 1 saturated heterocycles. The van der Waals surface area contributed by atoms with Crippen molar-refractivity contribution in [3.05, 3.63) is 53.6 Å². The van der Waals surface area contributed by atoms with Gasteiger partial charge in [0.05, 0.1) is 35.9 Å². The monoisotopic (exact) mass is 481 g/mol. The largest absolute Gasteiger partial charge is 0.493 e. The van der Waals surface area contributed by atoms with Crippen LogP contribution < -0.4 is 14.8 Å². The van der Waals surface area contributed by atoms with Crippen LogP contribution in [0.5, 0.6) is 11.5 Å². The molecule has 0 aliphatic carbocycles. The first kappa shape index (κ1) is 24.5. The summed E-state index contributed by atoms with van der Waals surface area (Å²) in [6, 6.07) is 11.4. The van der Waals surface area contributed by atoms with Crippen molar-refractivity contribution in [1.82, 2.24) is 5.32 Å². The van der Waals surface area contributed by atoms with E-state index in [9.17, 15) is 16.8 Å². The van der Waals surface area contributed by atoms with E-state index in [0.29, 0.717) is 18.0 Å². The van der Waals surface area contributed by atoms with Crippen molar-refractivity contribution >= 4 is 19.7 Å². The maximum atomic E-state index is 13.3. The topological polar surface area (TPSA) is 98.8 Å². The predicted molar refractivity (Wildman–Crippen MR) is 125 cm³/mol. The first-order chi connectivity index (χ1) is 14.9. The number of hydrogen-bond donors (Lipinski definition) is 1. The van der Waals surface area contributed by atoms with Gasteiger partial charge in [-0.1, -0.05) is 39.0 Å². The van der Waals surface area contributed by atoms with Crippen LogP contribution in [-0.2, 0) is 31.6 Å². The van der Waals surface area contributed by atoms with Gasteiger partial charge in [0.2, 0.25) is 0 Å². The van der Waals surface area contributed by atoms with Gasteiger partial charge in [0.15, 0.2) is 31.2 Å². The van der Waals surface area contributed by atoms with Gasteiger partial charge in [-0.25, -0.2) is 16.8 Å². The molecule has 0 radical (unpaired) electrons. The highest BCUT2D eigenvalue weighted by molar-refractivity contribution is 7.96. The Bertz CT molecular complexity index is 1170. The molecule has 1 fully saturated rings. The van der Waals surface area contributed by atoms with Gasteiger partial charge in [0, 0.05) is 12.6 Å². The summed E-state index contributed by atoms with van der Waals surface area (Å²) in [6.45, 7) is 6.45. The van der Waals surface area contributed by atoms with Crippen molar-refractivity contribution in [2.24, 2.45) is 0 Å². The van der Waals surface area contributed by atoms with Crippen LogP contribution in [-0.4, -0.2) is 53.9 Å². The molecule has 0 bridgehead atoms. The zero-order chi connectivity index (χ0) is 23.7. The number of benzene rings is 2. The van der Waals surface area contributed by atoms with Crippen molar-refractivity contribution in [3.63, 3.8) is 0 Å². The van der Waals surface area contributed by atoms with Crippen molar-refractivity contribution in [3.8, 4) is 11.5 Å². The Hall–Kier alpha value is -2.10. The summed E-state index contributed by atoms with van der Waals surface area (Å²) in [5, 5.41) is 2.10. The van der Waals surface area contributed by atoms with Crippen LogP contribution in [0.15, 0.2) is 47.4 Å². The van der Waals surface area contributed by atoms with Crippen LogP contribution in [0.3, 0.4) is 0 Å². The fourth-order valence-electron chi connectivity index (χ4n) is 3.87. The van der Waals surface area contributed by atoms with Gasteiger partial charge in [0.25, 0.3) is 0 Å². The van der Waals surface area contributed by atoms with Crippen molar-refractivity contribution in [2.75, 3.05) is 25.7 Å². The highest BCUT2D eigenvalue weighted by Gasteiger charge is 2.45. The van der Waals surface area contributed by atoms with Crippen LogP contribution in [0, 0.1) is 0 Å². The van der Waals surface area contributed by atoms with Gasteiger partial charge in [0.1, 0.15) is 0 Å². The third kappa shape index (κ3) is 5.27. The van der Waals surface area contributed by atoms with E-state index < -0.39 is 31.0 Å². The molecule has 2 aromatic rings. The molecule has 176 valence electrons. The summed E-state index contributed by atoms with van der Waals surface area (Å²) in [7, 11) is -4.24. The van der Waals surface area contributed by atoms with E-state index in [1.165, 1.54) is 7.11 Å². The standard InChI is InChI=1S/C23H31NO6S2/c1-23(2,3)17-7-9-18(10-8-17)32(27,28)22-15-31(25,26)14-19(22)24-13-16-6-11-20(29-4)21(12-16)30-5/h6-12,19,22,24H,13-15H2,1-5H3/t19-,22-/m0/s1. The molecule has 3 rings (SSSR count). The second kappa shape index (κ2) is 9.03. The van der Waals surface area contributed by atoms with Gasteiger partial charge in [-0.05, 0) is 40.8 Å². The molecule has 1 aliphatic rings. The molecule has 0 spiro atoms. The summed E-state index contributed by atoms with van der Waals surface area (Å²) in [5.74, 6) is 0.525. The number of methoxy groups -OCH3 is 2. The van der Waals surface area contributed by atoms with Crippen LogP contribution in [0.4, 0.5) is 0 Å². The minimum Gasteiger partial charge on any atom is -0.493 e. The van der Waals surface area contributed by atoms with Gasteiger partial charge < -0.3 is 14.8 Å². The lowest BCUT2D eigenvalue weighted by Gasteiger charge is -2.22. The van der Waals surface area contributed by atoms with Gasteiger partial charge in [-0.15, -0.1) is 0 Å². The van der Waals surface area contributed by atoms with E-state index in [0.717, 1.165) is 11.1 Å². The number of nitrogens with one attached hydrogen (secondary N) is 1. The van der Waals surface area contributed by atoms with Crippen molar-refractivity contribution < 1.29 is 26.3 Å². The second-order valence-corrected chi connectivity index (χ2v) is 13.4. The van der Waals surface area contributed by atoms with Crippen LogP contribution >= 0.6 is 0 Å². The lowest BCUT2D eigenvalue weighted by molar-refractivity contribution is 0.354. The fraction of sp³-hybridized carbons (Fsp3) is 0.478. The average molecular weight is 482 g/mol. The number of ether oxygens (including phenoxy) is 2. The van der Waals surface area contributed by atoms with Crippen LogP contribution in [0.25, 0.3) is 0 Å². The molecule has 0 aromatic heterocycles. The first-order valence-electron chi connectivity index (χ1n) is 10.4. The Labute approximate surface area is 191 Å². The van der Waals surface area contributed by atoms with E-state index in [1.807, 2.05) is 26.8 Å². The zero-order valence-electron chi connectivity index (χ0n) is 19.1. The summed E-state index contributed by atoms with van der Waals surface area (Å²) >= 11 is 0. The molecule has 2 atom stereocenters. The molecule has 2 aromatic carbocycles. The third-order valence-electron chi connectivity index (χ3n) is 5.76. The van der Waals surface area contributed by atoms with E-state index >= 15 is 0 Å². The van der Waals surface area contributed by atoms with Crippen LogP contribution in [0.2, 0.25) is 0 Å². The average Bonchev–Trinajstić information content (AvgIpc) is 3.06. The van der Waals surface area contributed by atoms with Crippen LogP contribution in [0.1, 0.15) is 31.9 Å². The summed E-state index contributed by atoms with van der Waals surface area (Å²) in [6.07, 6.45) is 0. The summed E-state index contributed by atoms with van der Waals surface area (Å²) in [5.41, 5.74) is 1.74. The van der Waals surface area contributed by atoms with Crippen molar-refractivity contribution in [1.29, 1.82) is 0 Å². The molecule has 1 N–H and O–H groups in total. The SMILES string of the molecule is COc1ccc(CN[C@H]2CS(=O)(=O)C[C@@H]2S(=O)(=O)c2ccc(C(C)(C)C)cc2)cc1OC. The molecule has 1 aliphatic heterocycles. The highest BCUT2D eigenvalue weighted by Crippen LogP contribution is 2.30. The van der Waals surface area contributed by atoms with Crippen molar-refractivity contribution in [2.45, 2.75) is 48.9 Å². The predicted octanol–water partition coefficient (Wildman–Crippen LogP) is 2.73. The van der Waals surface area contributed by atoms with Gasteiger partial charge in [-0.2, -0.15) is 0 Å². The molecular weight excluding hydrogens is 450 g/mol. The molecule has 1 heterocycles. The Balaban J connectivity index is 1.83. The molecule has 7 nitrogen and oxygen atoms in total. The molecule has 0 saturated carbocycles. The minimum atomic E-state index is -3.84. The molecule has 32 heavy (non-hydrogen) atoms.